The summed E-state index contributed by atoms with van der Waals surface area (Å²) in [6.45, 7) is 4.60. The van der Waals surface area contributed by atoms with Gasteiger partial charge in [0.1, 0.15) is 0 Å². The zero-order valence-corrected chi connectivity index (χ0v) is 10.4. The molecule has 0 bridgehead atoms. The molecule has 0 spiro atoms. The maximum atomic E-state index is 12.2. The standard InChI is InChI=1S/C13H20N2O2/c1-10(2)15(6-7-16)13(17)12-5-3-4-11(8-12)9-14/h3-5,8,10,16H,6-7,9,14H2,1-2H3. The lowest BCUT2D eigenvalue weighted by atomic mass is 10.1. The lowest BCUT2D eigenvalue weighted by Crippen LogP contribution is -2.39. The van der Waals surface area contributed by atoms with Crippen molar-refractivity contribution in [3.63, 3.8) is 0 Å². The highest BCUT2D eigenvalue weighted by molar-refractivity contribution is 5.94. The molecule has 0 saturated heterocycles. The molecule has 4 heteroatoms. The van der Waals surface area contributed by atoms with Gasteiger partial charge in [0.15, 0.2) is 0 Å². The number of benzene rings is 1. The van der Waals surface area contributed by atoms with Gasteiger partial charge >= 0.3 is 0 Å². The fourth-order valence-corrected chi connectivity index (χ4v) is 1.70. The first kappa shape index (κ1) is 13.7. The lowest BCUT2D eigenvalue weighted by molar-refractivity contribution is 0.0665. The van der Waals surface area contributed by atoms with Crippen molar-refractivity contribution in [1.29, 1.82) is 0 Å². The van der Waals surface area contributed by atoms with Crippen LogP contribution in [0.5, 0.6) is 0 Å². The number of carbonyl (C=O) groups excluding carboxylic acids is 1. The van der Waals surface area contributed by atoms with Gasteiger partial charge in [0, 0.05) is 24.7 Å². The van der Waals surface area contributed by atoms with Crippen LogP contribution in [0.1, 0.15) is 29.8 Å². The molecular formula is C13H20N2O2. The molecule has 0 heterocycles. The number of carbonyl (C=O) groups is 1. The Balaban J connectivity index is 2.92. The minimum Gasteiger partial charge on any atom is -0.395 e. The molecule has 1 rings (SSSR count). The Morgan fingerprint density at radius 2 is 2.18 bits per heavy atom. The van der Waals surface area contributed by atoms with Gasteiger partial charge in [-0.2, -0.15) is 0 Å². The van der Waals surface area contributed by atoms with Crippen LogP contribution in [0.2, 0.25) is 0 Å². The van der Waals surface area contributed by atoms with Crippen LogP contribution in [0.25, 0.3) is 0 Å². The highest BCUT2D eigenvalue weighted by Gasteiger charge is 2.18. The largest absolute Gasteiger partial charge is 0.395 e. The van der Waals surface area contributed by atoms with Crippen molar-refractivity contribution < 1.29 is 9.90 Å². The Morgan fingerprint density at radius 3 is 2.71 bits per heavy atom. The summed E-state index contributed by atoms with van der Waals surface area (Å²) in [5, 5.41) is 8.97. The molecule has 0 aliphatic rings. The summed E-state index contributed by atoms with van der Waals surface area (Å²) in [5.74, 6) is -0.0654. The van der Waals surface area contributed by atoms with Crippen molar-refractivity contribution in [1.82, 2.24) is 4.90 Å². The van der Waals surface area contributed by atoms with E-state index >= 15 is 0 Å². The number of hydrogen-bond acceptors (Lipinski definition) is 3. The summed E-state index contributed by atoms with van der Waals surface area (Å²) in [6, 6.07) is 7.36. The van der Waals surface area contributed by atoms with Gasteiger partial charge in [-0.1, -0.05) is 12.1 Å². The average molecular weight is 236 g/mol. The Morgan fingerprint density at radius 1 is 1.47 bits per heavy atom. The quantitative estimate of drug-likeness (QED) is 0.801. The van der Waals surface area contributed by atoms with Crippen LogP contribution in [-0.4, -0.2) is 35.1 Å². The van der Waals surface area contributed by atoms with Crippen molar-refractivity contribution in [3.8, 4) is 0 Å². The predicted molar refractivity (Wildman–Crippen MR) is 67.6 cm³/mol. The summed E-state index contributed by atoms with van der Waals surface area (Å²) < 4.78 is 0. The number of nitrogens with two attached hydrogens (primary N) is 1. The first-order chi connectivity index (χ1) is 8.10. The normalized spacial score (nSPS) is 10.6. The summed E-state index contributed by atoms with van der Waals surface area (Å²) in [5.41, 5.74) is 7.10. The zero-order valence-electron chi connectivity index (χ0n) is 10.4. The van der Waals surface area contributed by atoms with E-state index in [0.29, 0.717) is 18.7 Å². The molecule has 1 amide bonds. The second-order valence-corrected chi connectivity index (χ2v) is 4.22. The highest BCUT2D eigenvalue weighted by Crippen LogP contribution is 2.10. The Bertz CT molecular complexity index is 377. The van der Waals surface area contributed by atoms with Crippen LogP contribution >= 0.6 is 0 Å². The van der Waals surface area contributed by atoms with Crippen LogP contribution in [0.4, 0.5) is 0 Å². The molecule has 0 aliphatic carbocycles. The first-order valence-corrected chi connectivity index (χ1v) is 5.81. The van der Waals surface area contributed by atoms with E-state index in [2.05, 4.69) is 0 Å². The molecular weight excluding hydrogens is 216 g/mol. The van der Waals surface area contributed by atoms with E-state index < -0.39 is 0 Å². The molecule has 1 aromatic rings. The molecule has 4 nitrogen and oxygen atoms in total. The van der Waals surface area contributed by atoms with E-state index in [1.54, 1.807) is 17.0 Å². The summed E-state index contributed by atoms with van der Waals surface area (Å²) in [7, 11) is 0. The topological polar surface area (TPSA) is 66.6 Å². The molecule has 0 atom stereocenters. The summed E-state index contributed by atoms with van der Waals surface area (Å²) in [6.07, 6.45) is 0. The van der Waals surface area contributed by atoms with Crippen LogP contribution in [0.15, 0.2) is 24.3 Å². The second kappa shape index (κ2) is 6.37. The van der Waals surface area contributed by atoms with Gasteiger partial charge in [0.05, 0.1) is 6.61 Å². The number of aliphatic hydroxyl groups excluding tert-OH is 1. The maximum Gasteiger partial charge on any atom is 0.254 e. The van der Waals surface area contributed by atoms with Crippen molar-refractivity contribution in [3.05, 3.63) is 35.4 Å². The fraction of sp³-hybridized carbons (Fsp3) is 0.462. The van der Waals surface area contributed by atoms with Gasteiger partial charge in [-0.25, -0.2) is 0 Å². The van der Waals surface area contributed by atoms with Crippen molar-refractivity contribution >= 4 is 5.91 Å². The van der Waals surface area contributed by atoms with Crippen LogP contribution in [0, 0.1) is 0 Å². The van der Waals surface area contributed by atoms with Gasteiger partial charge in [-0.15, -0.1) is 0 Å². The smallest absolute Gasteiger partial charge is 0.254 e. The molecule has 17 heavy (non-hydrogen) atoms. The average Bonchev–Trinajstić information content (AvgIpc) is 2.34. The molecule has 94 valence electrons. The van der Waals surface area contributed by atoms with E-state index in [1.807, 2.05) is 26.0 Å². The number of hydrogen-bond donors (Lipinski definition) is 2. The number of nitrogens with zero attached hydrogens (tertiary/aromatic N) is 1. The molecule has 0 fully saturated rings. The molecule has 0 saturated carbocycles. The first-order valence-electron chi connectivity index (χ1n) is 5.81. The number of aliphatic hydroxyl groups is 1. The minimum absolute atomic E-state index is 0.0273. The fourth-order valence-electron chi connectivity index (χ4n) is 1.70. The number of rotatable bonds is 5. The molecule has 0 unspecified atom stereocenters. The SMILES string of the molecule is CC(C)N(CCO)C(=O)c1cccc(CN)c1. The van der Waals surface area contributed by atoms with E-state index in [4.69, 9.17) is 10.8 Å². The summed E-state index contributed by atoms with van der Waals surface area (Å²) in [4.78, 5) is 13.9. The predicted octanol–water partition coefficient (Wildman–Crippen LogP) is 0.988. The number of amides is 1. The molecule has 0 radical (unpaired) electrons. The summed E-state index contributed by atoms with van der Waals surface area (Å²) >= 11 is 0. The van der Waals surface area contributed by atoms with Gasteiger partial charge in [-0.3, -0.25) is 4.79 Å². The second-order valence-electron chi connectivity index (χ2n) is 4.22. The Hall–Kier alpha value is -1.39. The highest BCUT2D eigenvalue weighted by atomic mass is 16.3. The van der Waals surface area contributed by atoms with Crippen molar-refractivity contribution in [2.45, 2.75) is 26.4 Å². The third-order valence-electron chi connectivity index (χ3n) is 2.63. The third kappa shape index (κ3) is 3.54. The Kier molecular flexibility index (Phi) is 5.12. The lowest BCUT2D eigenvalue weighted by Gasteiger charge is -2.26. The third-order valence-corrected chi connectivity index (χ3v) is 2.63. The van der Waals surface area contributed by atoms with Gasteiger partial charge in [0.25, 0.3) is 5.91 Å². The van der Waals surface area contributed by atoms with Crippen LogP contribution < -0.4 is 5.73 Å². The minimum atomic E-state index is -0.0654. The van der Waals surface area contributed by atoms with E-state index in [1.165, 1.54) is 0 Å². The van der Waals surface area contributed by atoms with Crippen LogP contribution in [-0.2, 0) is 6.54 Å². The molecule has 3 N–H and O–H groups in total. The van der Waals surface area contributed by atoms with E-state index in [-0.39, 0.29) is 18.6 Å². The monoisotopic (exact) mass is 236 g/mol. The van der Waals surface area contributed by atoms with E-state index in [9.17, 15) is 4.79 Å². The van der Waals surface area contributed by atoms with Crippen molar-refractivity contribution in [2.24, 2.45) is 5.73 Å². The molecule has 1 aromatic carbocycles. The Labute approximate surface area is 102 Å². The van der Waals surface area contributed by atoms with Gasteiger partial charge < -0.3 is 15.7 Å². The van der Waals surface area contributed by atoms with Gasteiger partial charge in [-0.05, 0) is 31.5 Å². The molecule has 0 aliphatic heterocycles. The zero-order chi connectivity index (χ0) is 12.8. The van der Waals surface area contributed by atoms with Gasteiger partial charge in [0.2, 0.25) is 0 Å². The van der Waals surface area contributed by atoms with Crippen molar-refractivity contribution in [2.75, 3.05) is 13.2 Å². The molecule has 0 aromatic heterocycles. The van der Waals surface area contributed by atoms with Crippen LogP contribution in [0.3, 0.4) is 0 Å². The maximum absolute atomic E-state index is 12.2. The van der Waals surface area contributed by atoms with E-state index in [0.717, 1.165) is 5.56 Å².